The van der Waals surface area contributed by atoms with Crippen LogP contribution in [-0.4, -0.2) is 23.3 Å². The molecule has 0 unspecified atom stereocenters. The first-order chi connectivity index (χ1) is 7.23. The number of hydrogen-bond acceptors (Lipinski definition) is 2. The van der Waals surface area contributed by atoms with E-state index in [-0.39, 0.29) is 0 Å². The average Bonchev–Trinajstić information content (AvgIpc) is 3.01. The highest BCUT2D eigenvalue weighted by Crippen LogP contribution is 2.39. The molecule has 15 heavy (non-hydrogen) atoms. The zero-order chi connectivity index (χ0) is 10.7. The Morgan fingerprint density at radius 3 is 2.53 bits per heavy atom. The summed E-state index contributed by atoms with van der Waals surface area (Å²) < 4.78 is 5.41. The van der Waals surface area contributed by atoms with Crippen LogP contribution >= 0.6 is 0 Å². The quantitative estimate of drug-likeness (QED) is 0.799. The number of aliphatic carboxylic acids is 1. The van der Waals surface area contributed by atoms with Gasteiger partial charge in [0.25, 0.3) is 0 Å². The van der Waals surface area contributed by atoms with Gasteiger partial charge in [0.05, 0.1) is 6.61 Å². The Kier molecular flexibility index (Phi) is 2.73. The smallest absolute Gasteiger partial charge is 0.335 e. The van der Waals surface area contributed by atoms with Crippen molar-refractivity contribution in [1.29, 1.82) is 0 Å². The number of carbonyl (C=O) groups is 1. The molecule has 0 saturated heterocycles. The number of rotatable bonds is 5. The maximum absolute atomic E-state index is 10.8. The van der Waals surface area contributed by atoms with Crippen molar-refractivity contribution in [2.45, 2.75) is 24.9 Å². The fourth-order valence-electron chi connectivity index (χ4n) is 1.54. The maximum atomic E-state index is 10.8. The first kappa shape index (κ1) is 10.2. The summed E-state index contributed by atoms with van der Waals surface area (Å²) in [4.78, 5) is 10.8. The molecule has 3 nitrogen and oxygen atoms in total. The van der Waals surface area contributed by atoms with Gasteiger partial charge in [-0.15, -0.1) is 0 Å². The van der Waals surface area contributed by atoms with Crippen LogP contribution in [0.4, 0.5) is 0 Å². The van der Waals surface area contributed by atoms with Crippen molar-refractivity contribution in [3.05, 3.63) is 35.9 Å². The third kappa shape index (κ3) is 2.36. The minimum atomic E-state index is -0.852. The monoisotopic (exact) mass is 206 g/mol. The number of benzene rings is 1. The zero-order valence-corrected chi connectivity index (χ0v) is 8.48. The molecule has 0 aromatic heterocycles. The van der Waals surface area contributed by atoms with Gasteiger partial charge in [0.1, 0.15) is 0 Å². The predicted octanol–water partition coefficient (Wildman–Crippen LogP) is 1.86. The Morgan fingerprint density at radius 2 is 2.00 bits per heavy atom. The Labute approximate surface area is 88.7 Å². The Bertz CT molecular complexity index is 341. The van der Waals surface area contributed by atoms with E-state index in [1.54, 1.807) is 0 Å². The molecule has 0 amide bonds. The molecule has 1 N–H and O–H groups in total. The average molecular weight is 206 g/mol. The molecular formula is C12H14O3. The molecule has 1 saturated carbocycles. The summed E-state index contributed by atoms with van der Waals surface area (Å²) in [6.45, 7) is 0.482. The summed E-state index contributed by atoms with van der Waals surface area (Å²) in [5.74, 6) is -0.824. The second-order valence-electron chi connectivity index (χ2n) is 3.88. The first-order valence-electron chi connectivity index (χ1n) is 5.14. The molecule has 0 heterocycles. The van der Waals surface area contributed by atoms with Crippen molar-refractivity contribution >= 4 is 5.97 Å². The standard InChI is InChI=1S/C12H14O3/c13-11(14)12(7-8-12)15-9-6-10-4-2-1-3-5-10/h1-5H,6-9H2,(H,13,14). The molecule has 0 aliphatic heterocycles. The van der Waals surface area contributed by atoms with Gasteiger partial charge in [-0.2, -0.15) is 0 Å². The molecule has 3 heteroatoms. The van der Waals surface area contributed by atoms with E-state index in [2.05, 4.69) is 0 Å². The molecule has 2 rings (SSSR count). The van der Waals surface area contributed by atoms with Gasteiger partial charge in [-0.25, -0.2) is 4.79 Å². The topological polar surface area (TPSA) is 46.5 Å². The van der Waals surface area contributed by atoms with Crippen molar-refractivity contribution < 1.29 is 14.6 Å². The molecule has 1 fully saturated rings. The van der Waals surface area contributed by atoms with Crippen LogP contribution in [-0.2, 0) is 16.0 Å². The molecule has 1 aliphatic carbocycles. The van der Waals surface area contributed by atoms with Crippen molar-refractivity contribution in [2.75, 3.05) is 6.61 Å². The van der Waals surface area contributed by atoms with Crippen LogP contribution < -0.4 is 0 Å². The Morgan fingerprint density at radius 1 is 1.33 bits per heavy atom. The lowest BCUT2D eigenvalue weighted by Crippen LogP contribution is -2.26. The summed E-state index contributed by atoms with van der Waals surface area (Å²) in [6.07, 6.45) is 2.07. The van der Waals surface area contributed by atoms with E-state index in [1.165, 1.54) is 5.56 Å². The summed E-state index contributed by atoms with van der Waals surface area (Å²) in [7, 11) is 0. The number of carboxylic acids is 1. The van der Waals surface area contributed by atoms with Gasteiger partial charge in [-0.3, -0.25) is 0 Å². The lowest BCUT2D eigenvalue weighted by molar-refractivity contribution is -0.153. The van der Waals surface area contributed by atoms with E-state index in [0.717, 1.165) is 6.42 Å². The van der Waals surface area contributed by atoms with Gasteiger partial charge in [0.2, 0.25) is 0 Å². The van der Waals surface area contributed by atoms with Crippen LogP contribution in [0.5, 0.6) is 0 Å². The van der Waals surface area contributed by atoms with Gasteiger partial charge < -0.3 is 9.84 Å². The minimum absolute atomic E-state index is 0.482. The van der Waals surface area contributed by atoms with E-state index in [1.807, 2.05) is 30.3 Å². The van der Waals surface area contributed by atoms with Crippen LogP contribution in [0, 0.1) is 0 Å². The first-order valence-corrected chi connectivity index (χ1v) is 5.14. The lowest BCUT2D eigenvalue weighted by Gasteiger charge is -2.11. The van der Waals surface area contributed by atoms with Gasteiger partial charge in [-0.05, 0) is 24.8 Å². The summed E-state index contributed by atoms with van der Waals surface area (Å²) in [5, 5.41) is 8.88. The van der Waals surface area contributed by atoms with Crippen LogP contribution in [0.2, 0.25) is 0 Å². The van der Waals surface area contributed by atoms with E-state index in [0.29, 0.717) is 19.4 Å². The van der Waals surface area contributed by atoms with Gasteiger partial charge in [-0.1, -0.05) is 30.3 Å². The van der Waals surface area contributed by atoms with Crippen molar-refractivity contribution in [3.63, 3.8) is 0 Å². The van der Waals surface area contributed by atoms with E-state index >= 15 is 0 Å². The largest absolute Gasteiger partial charge is 0.479 e. The van der Waals surface area contributed by atoms with Crippen LogP contribution in [0.15, 0.2) is 30.3 Å². The summed E-state index contributed by atoms with van der Waals surface area (Å²) in [5.41, 5.74) is 0.327. The van der Waals surface area contributed by atoms with Crippen molar-refractivity contribution in [3.8, 4) is 0 Å². The highest BCUT2D eigenvalue weighted by atomic mass is 16.5. The van der Waals surface area contributed by atoms with Crippen LogP contribution in [0.1, 0.15) is 18.4 Å². The molecule has 1 aliphatic rings. The fraction of sp³-hybridized carbons (Fsp3) is 0.417. The third-order valence-electron chi connectivity index (χ3n) is 2.71. The van der Waals surface area contributed by atoms with Crippen LogP contribution in [0.25, 0.3) is 0 Å². The van der Waals surface area contributed by atoms with Gasteiger partial charge in [0, 0.05) is 0 Å². The fourth-order valence-corrected chi connectivity index (χ4v) is 1.54. The number of carboxylic acid groups (broad SMARTS) is 1. The Hall–Kier alpha value is -1.35. The molecule has 1 aromatic rings. The highest BCUT2D eigenvalue weighted by molar-refractivity contribution is 5.80. The number of hydrogen-bond donors (Lipinski definition) is 1. The van der Waals surface area contributed by atoms with Crippen LogP contribution in [0.3, 0.4) is 0 Å². The van der Waals surface area contributed by atoms with Crippen molar-refractivity contribution in [2.24, 2.45) is 0 Å². The van der Waals surface area contributed by atoms with E-state index in [9.17, 15) is 4.79 Å². The minimum Gasteiger partial charge on any atom is -0.479 e. The predicted molar refractivity (Wildman–Crippen MR) is 55.7 cm³/mol. The lowest BCUT2D eigenvalue weighted by atomic mass is 10.2. The maximum Gasteiger partial charge on any atom is 0.335 e. The zero-order valence-electron chi connectivity index (χ0n) is 8.48. The molecule has 0 atom stereocenters. The second-order valence-corrected chi connectivity index (χ2v) is 3.88. The molecule has 1 aromatic carbocycles. The molecule has 0 bridgehead atoms. The molecule has 80 valence electrons. The van der Waals surface area contributed by atoms with Crippen molar-refractivity contribution in [1.82, 2.24) is 0 Å². The molecular weight excluding hydrogens is 192 g/mol. The SMILES string of the molecule is O=C(O)C1(OCCc2ccccc2)CC1. The Balaban J connectivity index is 1.79. The second kappa shape index (κ2) is 4.03. The molecule has 0 spiro atoms. The van der Waals surface area contributed by atoms with Gasteiger partial charge >= 0.3 is 5.97 Å². The third-order valence-corrected chi connectivity index (χ3v) is 2.71. The summed E-state index contributed by atoms with van der Waals surface area (Å²) in [6, 6.07) is 9.94. The van der Waals surface area contributed by atoms with Gasteiger partial charge in [0.15, 0.2) is 5.60 Å². The molecule has 0 radical (unpaired) electrons. The highest BCUT2D eigenvalue weighted by Gasteiger charge is 2.51. The van der Waals surface area contributed by atoms with E-state index in [4.69, 9.17) is 9.84 Å². The normalized spacial score (nSPS) is 17.3. The number of ether oxygens (including phenoxy) is 1. The van der Waals surface area contributed by atoms with E-state index < -0.39 is 11.6 Å². The summed E-state index contributed by atoms with van der Waals surface area (Å²) >= 11 is 0.